The van der Waals surface area contributed by atoms with Crippen molar-refractivity contribution in [1.29, 1.82) is 0 Å². The normalized spacial score (nSPS) is 11.6. The minimum absolute atomic E-state index is 0.0392. The highest BCUT2D eigenvalue weighted by molar-refractivity contribution is 6.77. The molecule has 0 radical (unpaired) electrons. The summed E-state index contributed by atoms with van der Waals surface area (Å²) in [5.41, 5.74) is -0.153. The largest absolute Gasteiger partial charge is 0.478 e. The fraction of sp³-hybridized carbons (Fsp3) is 0.500. The predicted octanol–water partition coefficient (Wildman–Crippen LogP) is 5.57. The van der Waals surface area contributed by atoms with Gasteiger partial charge in [-0.15, -0.1) is 0 Å². The van der Waals surface area contributed by atoms with Gasteiger partial charge in [-0.3, -0.25) is 0 Å². The smallest absolute Gasteiger partial charge is 0.339 e. The molecule has 14 heteroatoms. The molecule has 0 aromatic heterocycles. The number of esters is 2. The molecule has 0 saturated carbocycles. The van der Waals surface area contributed by atoms with E-state index in [2.05, 4.69) is 39.3 Å². The molecule has 0 aliphatic rings. The van der Waals surface area contributed by atoms with Gasteiger partial charge in [0.2, 0.25) is 0 Å². The molecule has 0 aliphatic heterocycles. The number of carboxylic acids is 2. The van der Waals surface area contributed by atoms with Crippen molar-refractivity contribution >= 4 is 50.0 Å². The van der Waals surface area contributed by atoms with Gasteiger partial charge < -0.3 is 33.3 Å². The average molecular weight is 693 g/mol. The Labute approximate surface area is 275 Å². The van der Waals surface area contributed by atoms with Crippen molar-refractivity contribution in [3.05, 3.63) is 58.7 Å². The van der Waals surface area contributed by atoms with Crippen molar-refractivity contribution in [1.82, 2.24) is 0 Å². The third kappa shape index (κ3) is 13.7. The molecule has 0 atom stereocenters. The number of carbonyl (C=O) groups excluding carboxylic acids is 2. The molecule has 0 spiro atoms. The lowest BCUT2D eigenvalue weighted by Crippen LogP contribution is -2.35. The average Bonchev–Trinajstić information content (AvgIpc) is 2.98. The number of benzene rings is 2. The first kappa shape index (κ1) is 39.0. The molecule has 0 aliphatic carbocycles. The van der Waals surface area contributed by atoms with Crippen molar-refractivity contribution in [2.75, 3.05) is 39.6 Å². The maximum Gasteiger partial charge on any atom is 0.339 e. The van der Waals surface area contributed by atoms with E-state index in [0.29, 0.717) is 24.3 Å². The monoisotopic (exact) mass is 692 g/mol. The second-order valence-electron chi connectivity index (χ2n) is 12.2. The van der Waals surface area contributed by atoms with Gasteiger partial charge >= 0.3 is 23.9 Å². The van der Waals surface area contributed by atoms with Crippen molar-refractivity contribution in [2.45, 2.75) is 64.2 Å². The molecule has 2 rings (SSSR count). The van der Waals surface area contributed by atoms with Crippen LogP contribution in [0.4, 0.5) is 0 Å². The fourth-order valence-corrected chi connectivity index (χ4v) is 12.3. The summed E-state index contributed by atoms with van der Waals surface area (Å²) in [4.78, 5) is 49.4. The van der Waals surface area contributed by atoms with Gasteiger partial charge in [-0.1, -0.05) is 31.3 Å². The number of ether oxygens (including phenoxy) is 4. The first-order chi connectivity index (χ1) is 21.7. The van der Waals surface area contributed by atoms with Crippen LogP contribution < -0.4 is 0 Å². The van der Waals surface area contributed by atoms with E-state index in [1.54, 1.807) is 0 Å². The van der Waals surface area contributed by atoms with Crippen LogP contribution in [0.3, 0.4) is 0 Å². The Morgan fingerprint density at radius 2 is 1.15 bits per heavy atom. The van der Waals surface area contributed by atoms with Gasteiger partial charge in [-0.25, -0.2) is 19.2 Å². The third-order valence-electron chi connectivity index (χ3n) is 6.89. The van der Waals surface area contributed by atoms with Crippen LogP contribution in [-0.4, -0.2) is 99.9 Å². The highest BCUT2D eigenvalue weighted by atomic mass is 28.4. The van der Waals surface area contributed by atoms with Gasteiger partial charge in [0, 0.05) is 22.0 Å². The lowest BCUT2D eigenvalue weighted by atomic mass is 9.96. The molecule has 2 N–H and O–H groups in total. The molecule has 254 valence electrons. The highest BCUT2D eigenvalue weighted by Crippen LogP contribution is 2.27. The quantitative estimate of drug-likeness (QED) is 0.0959. The van der Waals surface area contributed by atoms with Crippen LogP contribution in [0.2, 0.25) is 51.4 Å². The van der Waals surface area contributed by atoms with Crippen LogP contribution in [0.15, 0.2) is 36.4 Å². The minimum Gasteiger partial charge on any atom is -0.478 e. The van der Waals surface area contributed by atoms with E-state index in [1.165, 1.54) is 36.4 Å². The fourth-order valence-electron chi connectivity index (χ4n) is 4.79. The molecule has 0 heterocycles. The molecular formula is C32H48O11Si3. The maximum absolute atomic E-state index is 12.8. The third-order valence-corrected chi connectivity index (χ3v) is 14.4. The summed E-state index contributed by atoms with van der Waals surface area (Å²) >= 11 is 0. The summed E-state index contributed by atoms with van der Waals surface area (Å²) in [7, 11) is -3.42. The molecular weight excluding hydrogens is 645 g/mol. The molecule has 2 aromatic rings. The SMILES string of the molecule is C[SiH](C)CCCOCCOC(=O)c1cc(-c2ccc(C(=O)OCCOCCC[Si](C)(C)O[SiH](C)C)c(C(=O)O)c2)ccc1C(=O)O. The van der Waals surface area contributed by atoms with Gasteiger partial charge in [0.1, 0.15) is 13.2 Å². The van der Waals surface area contributed by atoms with E-state index in [9.17, 15) is 29.4 Å². The van der Waals surface area contributed by atoms with E-state index in [4.69, 9.17) is 23.1 Å². The summed E-state index contributed by atoms with van der Waals surface area (Å²) in [5.74, 6) is -4.31. The van der Waals surface area contributed by atoms with Crippen LogP contribution in [0, 0.1) is 0 Å². The van der Waals surface area contributed by atoms with E-state index < -0.39 is 50.0 Å². The summed E-state index contributed by atoms with van der Waals surface area (Å²) in [6.07, 6.45) is 1.79. The van der Waals surface area contributed by atoms with Gasteiger partial charge in [0.05, 0.1) is 35.5 Å². The van der Waals surface area contributed by atoms with E-state index >= 15 is 0 Å². The Morgan fingerprint density at radius 1 is 0.652 bits per heavy atom. The Morgan fingerprint density at radius 3 is 1.67 bits per heavy atom. The molecule has 46 heavy (non-hydrogen) atoms. The summed E-state index contributed by atoms with van der Waals surface area (Å²) < 4.78 is 27.7. The Balaban J connectivity index is 2.03. The number of hydrogen-bond acceptors (Lipinski definition) is 9. The van der Waals surface area contributed by atoms with Gasteiger partial charge in [-0.05, 0) is 80.5 Å². The van der Waals surface area contributed by atoms with Crippen molar-refractivity contribution in [2.24, 2.45) is 0 Å². The van der Waals surface area contributed by atoms with Crippen LogP contribution in [0.5, 0.6) is 0 Å². The summed E-state index contributed by atoms with van der Waals surface area (Å²) in [6, 6.07) is 10.3. The van der Waals surface area contributed by atoms with Crippen molar-refractivity contribution < 1.29 is 52.5 Å². The maximum atomic E-state index is 12.8. The first-order valence-electron chi connectivity index (χ1n) is 15.6. The zero-order chi connectivity index (χ0) is 34.3. The Bertz CT molecular complexity index is 1330. The molecule has 0 amide bonds. The lowest BCUT2D eigenvalue weighted by molar-refractivity contribution is 0.0310. The first-order valence-corrected chi connectivity index (χ1v) is 24.7. The zero-order valence-electron chi connectivity index (χ0n) is 27.8. The van der Waals surface area contributed by atoms with Crippen LogP contribution in [0.25, 0.3) is 11.1 Å². The number of aromatic carboxylic acids is 2. The van der Waals surface area contributed by atoms with Crippen molar-refractivity contribution in [3.63, 3.8) is 0 Å². The van der Waals surface area contributed by atoms with Crippen LogP contribution in [-0.2, 0) is 23.1 Å². The number of rotatable bonds is 21. The highest BCUT2D eigenvalue weighted by Gasteiger charge is 2.24. The Hall–Kier alpha value is -3.15. The molecule has 0 bridgehead atoms. The molecule has 0 saturated heterocycles. The van der Waals surface area contributed by atoms with E-state index in [-0.39, 0.29) is 48.7 Å². The summed E-state index contributed by atoms with van der Waals surface area (Å²) in [6.45, 7) is 14.6. The van der Waals surface area contributed by atoms with E-state index in [1.807, 2.05) is 0 Å². The Kier molecular flexibility index (Phi) is 16.5. The van der Waals surface area contributed by atoms with E-state index in [0.717, 1.165) is 24.9 Å². The number of hydrogen-bond donors (Lipinski definition) is 2. The van der Waals surface area contributed by atoms with Crippen LogP contribution in [0.1, 0.15) is 54.3 Å². The van der Waals surface area contributed by atoms with Gasteiger partial charge in [-0.2, -0.15) is 0 Å². The lowest BCUT2D eigenvalue weighted by Gasteiger charge is -2.25. The second kappa shape index (κ2) is 19.5. The molecule has 2 aromatic carbocycles. The predicted molar refractivity (Wildman–Crippen MR) is 183 cm³/mol. The number of carbonyl (C=O) groups is 4. The van der Waals surface area contributed by atoms with Crippen LogP contribution >= 0.6 is 0 Å². The van der Waals surface area contributed by atoms with Gasteiger partial charge in [0.25, 0.3) is 0 Å². The number of carboxylic acid groups (broad SMARTS) is 2. The second-order valence-corrected chi connectivity index (χ2v) is 22.6. The minimum atomic E-state index is -1.69. The van der Waals surface area contributed by atoms with Crippen molar-refractivity contribution in [3.8, 4) is 11.1 Å². The molecule has 0 unspecified atom stereocenters. The molecule has 11 nitrogen and oxygen atoms in total. The van der Waals surface area contributed by atoms with Gasteiger partial charge in [0.15, 0.2) is 17.4 Å². The standard InChI is InChI=1S/C32H48O11Si3/c1-44(2)19-7-13-39-15-18-42-32(38)28-22-24(9-11-25(28)29(33)34)23-10-12-26(27(21-23)30(35)36)31(37)41-17-16-40-14-8-20-46(5,6)43-45(3)4/h9-12,21-22,44-45H,7-8,13-20H2,1-6H3,(H,33,34)(H,35,36). The zero-order valence-corrected chi connectivity index (χ0v) is 31.1. The topological polar surface area (TPSA) is 155 Å². The molecule has 0 fully saturated rings. The summed E-state index contributed by atoms with van der Waals surface area (Å²) in [5, 5.41) is 19.5.